The van der Waals surface area contributed by atoms with E-state index in [1.165, 1.54) is 70.6 Å². The zero-order valence-electron chi connectivity index (χ0n) is 31.6. The fraction of sp³-hybridized carbons (Fsp3) is 0. The highest BCUT2D eigenvalue weighted by Crippen LogP contribution is 2.47. The third kappa shape index (κ3) is 5.05. The average molecular weight is 738 g/mol. The number of rotatable bonds is 5. The summed E-state index contributed by atoms with van der Waals surface area (Å²) in [5.74, 6) is 0. The van der Waals surface area contributed by atoms with Crippen LogP contribution in [0.3, 0.4) is 0 Å². The summed E-state index contributed by atoms with van der Waals surface area (Å²) < 4.78 is 7.18. The molecule has 58 heavy (non-hydrogen) atoms. The van der Waals surface area contributed by atoms with Crippen molar-refractivity contribution in [3.8, 4) is 22.3 Å². The highest BCUT2D eigenvalue weighted by atomic mass is 16.3. The Morgan fingerprint density at radius 3 is 1.53 bits per heavy atom. The molecule has 1 aromatic heterocycles. The molecule has 12 rings (SSSR count). The Hall–Kier alpha value is -7.68. The molecule has 0 aliphatic carbocycles. The first-order chi connectivity index (χ1) is 28.8. The summed E-state index contributed by atoms with van der Waals surface area (Å²) in [5, 5.41) is 14.4. The van der Waals surface area contributed by atoms with Crippen molar-refractivity contribution in [3.63, 3.8) is 0 Å². The molecule has 2 nitrogen and oxygen atoms in total. The summed E-state index contributed by atoms with van der Waals surface area (Å²) in [6, 6.07) is 76.9. The summed E-state index contributed by atoms with van der Waals surface area (Å²) in [6.07, 6.45) is 0. The second kappa shape index (κ2) is 12.9. The molecule has 0 N–H and O–H groups in total. The summed E-state index contributed by atoms with van der Waals surface area (Å²) in [7, 11) is 0. The predicted molar refractivity (Wildman–Crippen MR) is 247 cm³/mol. The average Bonchev–Trinajstić information content (AvgIpc) is 3.66. The molecule has 2 heteroatoms. The van der Waals surface area contributed by atoms with Crippen LogP contribution in [0, 0.1) is 0 Å². The number of hydrogen-bond donors (Lipinski definition) is 0. The molecule has 0 saturated heterocycles. The van der Waals surface area contributed by atoms with Gasteiger partial charge in [0.15, 0.2) is 0 Å². The van der Waals surface area contributed by atoms with Crippen LogP contribution in [0.2, 0.25) is 0 Å². The van der Waals surface area contributed by atoms with Crippen LogP contribution in [0.1, 0.15) is 0 Å². The van der Waals surface area contributed by atoms with Crippen molar-refractivity contribution in [3.05, 3.63) is 212 Å². The van der Waals surface area contributed by atoms with Crippen LogP contribution in [0.4, 0.5) is 17.1 Å². The Morgan fingerprint density at radius 1 is 0.310 bits per heavy atom. The van der Waals surface area contributed by atoms with Gasteiger partial charge < -0.3 is 9.32 Å². The van der Waals surface area contributed by atoms with Crippen molar-refractivity contribution in [1.29, 1.82) is 0 Å². The maximum absolute atomic E-state index is 7.18. The topological polar surface area (TPSA) is 16.4 Å². The first-order valence-corrected chi connectivity index (χ1v) is 19.9. The third-order valence-electron chi connectivity index (χ3n) is 12.0. The van der Waals surface area contributed by atoms with Gasteiger partial charge in [0.1, 0.15) is 11.2 Å². The van der Waals surface area contributed by atoms with Gasteiger partial charge in [-0.2, -0.15) is 0 Å². The van der Waals surface area contributed by atoms with Crippen LogP contribution < -0.4 is 4.90 Å². The molecule has 0 aliphatic rings. The second-order valence-corrected chi connectivity index (χ2v) is 15.2. The van der Waals surface area contributed by atoms with Crippen LogP contribution in [0.15, 0.2) is 217 Å². The molecule has 0 bridgehead atoms. The maximum Gasteiger partial charge on any atom is 0.143 e. The number of anilines is 3. The normalized spacial score (nSPS) is 11.8. The molecule has 270 valence electrons. The molecule has 11 aromatic carbocycles. The Labute approximate surface area is 335 Å². The van der Waals surface area contributed by atoms with Gasteiger partial charge >= 0.3 is 0 Å². The second-order valence-electron chi connectivity index (χ2n) is 15.2. The monoisotopic (exact) mass is 737 g/mol. The lowest BCUT2D eigenvalue weighted by Gasteiger charge is -2.27. The lowest BCUT2D eigenvalue weighted by molar-refractivity contribution is 0.670. The Morgan fingerprint density at radius 2 is 0.828 bits per heavy atom. The van der Waals surface area contributed by atoms with Gasteiger partial charge in [0.05, 0.1) is 5.69 Å². The standard InChI is InChI=1S/C56H35NO/c1-2-14-36(15-3-1)37-26-28-41(29-27-37)57(53-34-40-18-5-8-20-44(40)47-23-12-13-25-49(47)53)42-30-31-50-52-33-39-17-6-9-21-45(39)55(56(52)58-54(50)35-42)51-32-38-16-4-7-19-43(38)46-22-10-11-24-48(46)51/h1-35H. The maximum atomic E-state index is 7.18. The van der Waals surface area contributed by atoms with Crippen LogP contribution in [-0.4, -0.2) is 0 Å². The molecule has 0 unspecified atom stereocenters. The summed E-state index contributed by atoms with van der Waals surface area (Å²) in [6.45, 7) is 0. The Kier molecular flexibility index (Phi) is 7.26. The van der Waals surface area contributed by atoms with E-state index in [9.17, 15) is 0 Å². The Balaban J connectivity index is 1.12. The minimum Gasteiger partial charge on any atom is -0.455 e. The number of benzene rings is 11. The molecule has 0 saturated carbocycles. The van der Waals surface area contributed by atoms with Crippen LogP contribution in [0.5, 0.6) is 0 Å². The fourth-order valence-corrected chi connectivity index (χ4v) is 9.31. The molecule has 0 atom stereocenters. The van der Waals surface area contributed by atoms with Crippen molar-refractivity contribution in [2.24, 2.45) is 0 Å². The lowest BCUT2D eigenvalue weighted by atomic mass is 9.89. The van der Waals surface area contributed by atoms with Gasteiger partial charge in [0.2, 0.25) is 0 Å². The van der Waals surface area contributed by atoms with Gasteiger partial charge in [-0.05, 0) is 108 Å². The molecule has 12 aromatic rings. The molecule has 0 fully saturated rings. The van der Waals surface area contributed by atoms with Crippen LogP contribution in [-0.2, 0) is 0 Å². The summed E-state index contributed by atoms with van der Waals surface area (Å²) in [4.78, 5) is 2.39. The highest BCUT2D eigenvalue weighted by Gasteiger charge is 2.22. The van der Waals surface area contributed by atoms with Gasteiger partial charge in [-0.15, -0.1) is 0 Å². The van der Waals surface area contributed by atoms with E-state index in [0.717, 1.165) is 44.6 Å². The quantitative estimate of drug-likeness (QED) is 0.164. The zero-order valence-corrected chi connectivity index (χ0v) is 31.6. The lowest BCUT2D eigenvalue weighted by Crippen LogP contribution is -2.10. The highest BCUT2D eigenvalue weighted by molar-refractivity contribution is 6.24. The van der Waals surface area contributed by atoms with Crippen LogP contribution >= 0.6 is 0 Å². The van der Waals surface area contributed by atoms with Crippen molar-refractivity contribution in [2.45, 2.75) is 0 Å². The summed E-state index contributed by atoms with van der Waals surface area (Å²) >= 11 is 0. The number of nitrogens with zero attached hydrogens (tertiary/aromatic N) is 1. The minimum absolute atomic E-state index is 0.852. The number of hydrogen-bond acceptors (Lipinski definition) is 2. The molecule has 0 amide bonds. The van der Waals surface area contributed by atoms with Gasteiger partial charge in [-0.3, -0.25) is 0 Å². The zero-order chi connectivity index (χ0) is 38.2. The predicted octanol–water partition coefficient (Wildman–Crippen LogP) is 16.2. The smallest absolute Gasteiger partial charge is 0.143 e. The van der Waals surface area contributed by atoms with E-state index in [1.807, 2.05) is 0 Å². The van der Waals surface area contributed by atoms with Crippen LogP contribution in [0.25, 0.3) is 98.1 Å². The van der Waals surface area contributed by atoms with Gasteiger partial charge in [0, 0.05) is 39.2 Å². The largest absolute Gasteiger partial charge is 0.455 e. The molecule has 0 radical (unpaired) electrons. The van der Waals surface area contributed by atoms with Gasteiger partial charge in [-0.1, -0.05) is 164 Å². The van der Waals surface area contributed by atoms with E-state index in [-0.39, 0.29) is 0 Å². The van der Waals surface area contributed by atoms with Crippen molar-refractivity contribution >= 4 is 92.9 Å². The third-order valence-corrected chi connectivity index (χ3v) is 12.0. The molecule has 0 aliphatic heterocycles. The number of fused-ring (bicyclic) bond motifs is 10. The fourth-order valence-electron chi connectivity index (χ4n) is 9.31. The minimum atomic E-state index is 0.852. The molecule has 1 heterocycles. The van der Waals surface area contributed by atoms with E-state index in [0.29, 0.717) is 0 Å². The van der Waals surface area contributed by atoms with Gasteiger partial charge in [-0.25, -0.2) is 0 Å². The summed E-state index contributed by atoms with van der Waals surface area (Å²) in [5.41, 5.74) is 9.66. The van der Waals surface area contributed by atoms with E-state index >= 15 is 0 Å². The number of furan rings is 1. The Bertz CT molecular complexity index is 3560. The van der Waals surface area contributed by atoms with E-state index in [4.69, 9.17) is 4.42 Å². The van der Waals surface area contributed by atoms with Gasteiger partial charge in [0.25, 0.3) is 0 Å². The van der Waals surface area contributed by atoms with Crippen molar-refractivity contribution in [1.82, 2.24) is 0 Å². The van der Waals surface area contributed by atoms with E-state index in [2.05, 4.69) is 217 Å². The van der Waals surface area contributed by atoms with E-state index < -0.39 is 0 Å². The first-order valence-electron chi connectivity index (χ1n) is 19.9. The SMILES string of the molecule is c1ccc(-c2ccc(N(c3ccc4c(c3)oc3c(-c5cc6ccccc6c6ccccc56)c5ccccc5cc34)c3cc4ccccc4c4ccccc34)cc2)cc1. The molecular formula is C56H35NO. The van der Waals surface area contributed by atoms with E-state index in [1.54, 1.807) is 0 Å². The first kappa shape index (κ1) is 32.6. The van der Waals surface area contributed by atoms with Crippen molar-refractivity contribution in [2.75, 3.05) is 4.90 Å². The molecular weight excluding hydrogens is 703 g/mol. The molecule has 0 spiro atoms. The van der Waals surface area contributed by atoms with Crippen molar-refractivity contribution < 1.29 is 4.42 Å².